The number of hydrogen-bond donors (Lipinski definition) is 1. The molecule has 0 unspecified atom stereocenters. The number of benzene rings is 1. The van der Waals surface area contributed by atoms with Crippen molar-refractivity contribution in [2.45, 2.75) is 57.9 Å². The van der Waals surface area contributed by atoms with Crippen LogP contribution in [0.3, 0.4) is 0 Å². The third-order valence-electron chi connectivity index (χ3n) is 4.93. The molecule has 1 N–H and O–H groups in total. The molecule has 1 fully saturated rings. The molecule has 1 aliphatic carbocycles. The Balaban J connectivity index is 1.96. The second-order valence-electron chi connectivity index (χ2n) is 7.08. The molecule has 0 spiro atoms. The summed E-state index contributed by atoms with van der Waals surface area (Å²) in [4.78, 5) is 35.7. The fraction of sp³-hybridized carbons (Fsp3) is 0.500. The standard InChI is InChI=1S/C20H24N2O6/c1-2-3-9-27-17-12-15(22(25)26)10-13-11-16(20(24)28-18(13)17)19(23)21-14-7-5-4-6-8-14/h10-12,14H,2-9H2,1H3,(H,21,23). The molecule has 0 aliphatic heterocycles. The van der Waals surface area contributed by atoms with E-state index in [4.69, 9.17) is 9.15 Å². The first kappa shape index (κ1) is 19.9. The minimum atomic E-state index is -0.782. The van der Waals surface area contributed by atoms with E-state index in [1.165, 1.54) is 18.2 Å². The number of unbranched alkanes of at least 4 members (excludes halogenated alkanes) is 1. The summed E-state index contributed by atoms with van der Waals surface area (Å²) < 4.78 is 10.9. The Hall–Kier alpha value is -2.90. The van der Waals surface area contributed by atoms with E-state index >= 15 is 0 Å². The number of rotatable bonds is 7. The third-order valence-corrected chi connectivity index (χ3v) is 4.93. The van der Waals surface area contributed by atoms with Gasteiger partial charge in [-0.15, -0.1) is 0 Å². The van der Waals surface area contributed by atoms with E-state index in [0.717, 1.165) is 44.9 Å². The van der Waals surface area contributed by atoms with E-state index < -0.39 is 16.5 Å². The largest absolute Gasteiger partial charge is 0.489 e. The summed E-state index contributed by atoms with van der Waals surface area (Å²) >= 11 is 0. The molecule has 1 saturated carbocycles. The Morgan fingerprint density at radius 3 is 2.71 bits per heavy atom. The van der Waals surface area contributed by atoms with Crippen LogP contribution < -0.4 is 15.7 Å². The molecule has 150 valence electrons. The quantitative estimate of drug-likeness (QED) is 0.333. The number of carbonyl (C=O) groups is 1. The number of nitrogens with zero attached hydrogens (tertiary/aromatic N) is 1. The molecule has 8 nitrogen and oxygen atoms in total. The lowest BCUT2D eigenvalue weighted by molar-refractivity contribution is -0.384. The van der Waals surface area contributed by atoms with Crippen molar-refractivity contribution in [1.29, 1.82) is 0 Å². The van der Waals surface area contributed by atoms with Crippen LogP contribution in [0.15, 0.2) is 27.4 Å². The van der Waals surface area contributed by atoms with Crippen LogP contribution in [0.25, 0.3) is 11.0 Å². The van der Waals surface area contributed by atoms with Crippen LogP contribution in [0.4, 0.5) is 5.69 Å². The van der Waals surface area contributed by atoms with Crippen LogP contribution in [0, 0.1) is 10.1 Å². The average Bonchev–Trinajstić information content (AvgIpc) is 2.68. The van der Waals surface area contributed by atoms with Crippen molar-refractivity contribution >= 4 is 22.6 Å². The molecule has 1 heterocycles. The Morgan fingerprint density at radius 1 is 1.29 bits per heavy atom. The van der Waals surface area contributed by atoms with Gasteiger partial charge in [0.05, 0.1) is 17.6 Å². The predicted molar refractivity (Wildman–Crippen MR) is 104 cm³/mol. The van der Waals surface area contributed by atoms with E-state index in [2.05, 4.69) is 5.32 Å². The zero-order valence-corrected chi connectivity index (χ0v) is 15.9. The van der Waals surface area contributed by atoms with Gasteiger partial charge in [0.25, 0.3) is 11.6 Å². The number of hydrogen-bond acceptors (Lipinski definition) is 6. The van der Waals surface area contributed by atoms with Gasteiger partial charge in [0.2, 0.25) is 0 Å². The molecule has 0 radical (unpaired) electrons. The highest BCUT2D eigenvalue weighted by molar-refractivity contribution is 5.98. The highest BCUT2D eigenvalue weighted by Gasteiger charge is 2.22. The van der Waals surface area contributed by atoms with Gasteiger partial charge < -0.3 is 14.5 Å². The SMILES string of the molecule is CCCCOc1cc([N+](=O)[O-])cc2cc(C(=O)NC3CCCCC3)c(=O)oc12. The lowest BCUT2D eigenvalue weighted by Gasteiger charge is -2.22. The summed E-state index contributed by atoms with van der Waals surface area (Å²) in [7, 11) is 0. The summed E-state index contributed by atoms with van der Waals surface area (Å²) in [6.45, 7) is 2.34. The van der Waals surface area contributed by atoms with Crippen LogP contribution in [0.1, 0.15) is 62.2 Å². The lowest BCUT2D eigenvalue weighted by atomic mass is 9.95. The van der Waals surface area contributed by atoms with Crippen molar-refractivity contribution in [3.63, 3.8) is 0 Å². The van der Waals surface area contributed by atoms with Crippen molar-refractivity contribution in [1.82, 2.24) is 5.32 Å². The lowest BCUT2D eigenvalue weighted by Crippen LogP contribution is -2.38. The minimum absolute atomic E-state index is 0.0365. The number of ether oxygens (including phenoxy) is 1. The van der Waals surface area contributed by atoms with Crippen molar-refractivity contribution in [2.24, 2.45) is 0 Å². The number of fused-ring (bicyclic) bond motifs is 1. The van der Waals surface area contributed by atoms with Crippen LogP contribution in [0.2, 0.25) is 0 Å². The fourth-order valence-electron chi connectivity index (χ4n) is 3.39. The normalized spacial score (nSPS) is 14.8. The summed E-state index contributed by atoms with van der Waals surface area (Å²) in [5.74, 6) is -0.378. The first-order chi connectivity index (χ1) is 13.5. The van der Waals surface area contributed by atoms with Gasteiger partial charge in [-0.25, -0.2) is 4.79 Å². The highest BCUT2D eigenvalue weighted by Crippen LogP contribution is 2.31. The molecular weight excluding hydrogens is 364 g/mol. The first-order valence-electron chi connectivity index (χ1n) is 9.69. The summed E-state index contributed by atoms with van der Waals surface area (Å²) in [6.07, 6.45) is 6.65. The molecule has 1 aromatic carbocycles. The fourth-order valence-corrected chi connectivity index (χ4v) is 3.39. The maximum Gasteiger partial charge on any atom is 0.349 e. The highest BCUT2D eigenvalue weighted by atomic mass is 16.6. The maximum absolute atomic E-state index is 12.6. The number of nitro benzene ring substituents is 1. The van der Waals surface area contributed by atoms with Crippen molar-refractivity contribution in [2.75, 3.05) is 6.61 Å². The third kappa shape index (κ3) is 4.49. The molecular formula is C20H24N2O6. The maximum atomic E-state index is 12.6. The van der Waals surface area contributed by atoms with E-state index in [-0.39, 0.29) is 34.0 Å². The Kier molecular flexibility index (Phi) is 6.28. The molecule has 1 aromatic heterocycles. The minimum Gasteiger partial charge on any atom is -0.489 e. The second kappa shape index (κ2) is 8.86. The van der Waals surface area contributed by atoms with Gasteiger partial charge in [-0.05, 0) is 25.3 Å². The Labute approximate surface area is 162 Å². The molecule has 1 amide bonds. The summed E-state index contributed by atoms with van der Waals surface area (Å²) in [6, 6.07) is 3.90. The topological polar surface area (TPSA) is 112 Å². The molecule has 0 atom stereocenters. The molecule has 1 aliphatic rings. The number of non-ortho nitro benzene ring substituents is 1. The summed E-state index contributed by atoms with van der Waals surface area (Å²) in [5, 5.41) is 14.4. The number of amides is 1. The number of carbonyl (C=O) groups excluding carboxylic acids is 1. The molecule has 0 bridgehead atoms. The smallest absolute Gasteiger partial charge is 0.349 e. The average molecular weight is 388 g/mol. The van der Waals surface area contributed by atoms with Crippen molar-refractivity contribution < 1.29 is 18.9 Å². The zero-order chi connectivity index (χ0) is 20.1. The van der Waals surface area contributed by atoms with Crippen molar-refractivity contribution in [3.05, 3.63) is 44.3 Å². The van der Waals surface area contributed by atoms with Crippen molar-refractivity contribution in [3.8, 4) is 5.75 Å². The van der Waals surface area contributed by atoms with Crippen LogP contribution in [0.5, 0.6) is 5.75 Å². The van der Waals surface area contributed by atoms with E-state index in [1.807, 2.05) is 6.92 Å². The van der Waals surface area contributed by atoms with Gasteiger partial charge in [-0.3, -0.25) is 14.9 Å². The number of nitro groups is 1. The van der Waals surface area contributed by atoms with Crippen LogP contribution in [-0.4, -0.2) is 23.5 Å². The Morgan fingerprint density at radius 2 is 2.04 bits per heavy atom. The monoisotopic (exact) mass is 388 g/mol. The molecule has 8 heteroatoms. The van der Waals surface area contributed by atoms with E-state index in [1.54, 1.807) is 0 Å². The number of nitrogens with one attached hydrogen (secondary N) is 1. The molecule has 2 aromatic rings. The predicted octanol–water partition coefficient (Wildman–Crippen LogP) is 3.94. The van der Waals surface area contributed by atoms with Gasteiger partial charge in [-0.2, -0.15) is 0 Å². The van der Waals surface area contributed by atoms with Gasteiger partial charge in [-0.1, -0.05) is 32.6 Å². The Bertz CT molecular complexity index is 930. The van der Waals surface area contributed by atoms with Crippen LogP contribution in [-0.2, 0) is 0 Å². The second-order valence-corrected chi connectivity index (χ2v) is 7.08. The van der Waals surface area contributed by atoms with Gasteiger partial charge in [0, 0.05) is 17.5 Å². The van der Waals surface area contributed by atoms with E-state index in [0.29, 0.717) is 6.61 Å². The first-order valence-corrected chi connectivity index (χ1v) is 9.69. The molecule has 28 heavy (non-hydrogen) atoms. The van der Waals surface area contributed by atoms with E-state index in [9.17, 15) is 19.7 Å². The van der Waals surface area contributed by atoms with Gasteiger partial charge in [0.1, 0.15) is 5.56 Å². The summed E-state index contributed by atoms with van der Waals surface area (Å²) in [5.41, 5.74) is -1.01. The zero-order valence-electron chi connectivity index (χ0n) is 15.9. The van der Waals surface area contributed by atoms with Gasteiger partial charge >= 0.3 is 5.63 Å². The molecule has 0 saturated heterocycles. The van der Waals surface area contributed by atoms with Gasteiger partial charge in [0.15, 0.2) is 11.3 Å². The molecule has 3 rings (SSSR count). The van der Waals surface area contributed by atoms with Crippen LogP contribution >= 0.6 is 0 Å².